The van der Waals surface area contributed by atoms with Crippen molar-refractivity contribution >= 4 is 207 Å². The number of sulfone groups is 1. The second-order valence-electron chi connectivity index (χ2n) is 39.5. The van der Waals surface area contributed by atoms with Crippen LogP contribution >= 0.6 is 34.0 Å². The van der Waals surface area contributed by atoms with Gasteiger partial charge in [-0.1, -0.05) is 391 Å². The molecule has 1 spiro atoms. The number of nitrogens with zero attached hydrogens (tertiary/aromatic N) is 3. The highest BCUT2D eigenvalue weighted by molar-refractivity contribution is 8.14. The number of fused-ring (bicyclic) bond motifs is 40. The van der Waals surface area contributed by atoms with E-state index in [4.69, 9.17) is 5.87 Å². The summed E-state index contributed by atoms with van der Waals surface area (Å²) in [4.78, 5) is 38.8. The predicted molar refractivity (Wildman–Crippen MR) is 591 cm³/mol. The Morgan fingerprint density at radius 2 is 0.727 bits per heavy atom. The van der Waals surface area contributed by atoms with Crippen LogP contribution in [-0.4, -0.2) is 63.9 Å². The zero-order chi connectivity index (χ0) is 94.8. The molecular weight excluding hydrogens is 1840 g/mol. The molecule has 3 aromatic heterocycles. The zero-order valence-electron chi connectivity index (χ0n) is 77.1. The quantitative estimate of drug-likeness (QED) is 0.128. The topological polar surface area (TPSA) is 100 Å². The SMILES string of the molecule is C=S1c2ccccc2B2c3ccccc3S(=O)c3cc(-n4c5ccccc5c5c6c(ccc54)C4(c5ccccc5-c5ccccc54)c4ccccc4-6)cc1c32.CC1(C)c2ccccc2-c2ccc3c4ccccc4n(-c4cc5c6c(c4)C(=O)c4ccccc4B6c4ccccc4C5=O)c3c21.O=S1(=O)c2ccccc2-c2ccc3c(c21)c1ccccc1n3-c1cc2c3c(c1)Sc1ccccc1B3c1ccccc1S2. The third-order valence-electron chi connectivity index (χ3n) is 32.5. The van der Waals surface area contributed by atoms with E-state index in [0.29, 0.717) is 32.0 Å². The van der Waals surface area contributed by atoms with Crippen LogP contribution < -0.4 is 49.2 Å². The first kappa shape index (κ1) is 82.1. The third-order valence-corrected chi connectivity index (χ3v) is 39.9. The molecule has 0 fully saturated rings. The minimum Gasteiger partial charge on any atom is -0.309 e. The average molecular weight is 1920 g/mol. The van der Waals surface area contributed by atoms with Crippen molar-refractivity contribution < 1.29 is 22.2 Å². The van der Waals surface area contributed by atoms with Crippen LogP contribution in [0.25, 0.3) is 127 Å². The molecule has 3 aliphatic carbocycles. The van der Waals surface area contributed by atoms with Gasteiger partial charge >= 0.3 is 0 Å². The van der Waals surface area contributed by atoms with Gasteiger partial charge in [0.25, 0.3) is 0 Å². The van der Waals surface area contributed by atoms with E-state index >= 15 is 0 Å². The van der Waals surface area contributed by atoms with Crippen LogP contribution in [0.4, 0.5) is 0 Å². The molecule has 20 aromatic carbocycles. The van der Waals surface area contributed by atoms with Gasteiger partial charge < -0.3 is 13.7 Å². The number of hydrogen-bond acceptors (Lipinski definition) is 7. The molecule has 0 saturated carbocycles. The molecule has 0 N–H and O–H groups in total. The largest absolute Gasteiger partial charge is 0.309 e. The smallest absolute Gasteiger partial charge is 0.247 e. The standard InChI is InChI=1S/C50H30BNOS2.C41H26BNO2.C36H20BNO2S3/c1-54-43-24-12-9-21-39(43)51-40-22-10-13-25-44(40)55(53)46-29-30(28-45(54)49(46)51)52-41-23-11-5-17-34(41)48-42(52)27-26-38-47(48)33-16-4-8-20-37(33)50(38)35-18-6-2-14-31(35)32-15-3-7-19-36(32)50;1-41(2)32-15-7-3-11-24(32)26-19-20-27-25-12-6-10-18-35(25)43(38(27)36(26)41)23-21-30-37-31(22-23)40(45)29-14-5-9-17-34(29)42(37)33-16-8-4-13-28(33)39(30)44;39-43(40)33-16-8-2-9-22(33)23-17-18-28-34(36(23)43)24-10-1-5-13-27(24)38(28)21-19-31-35-32(20-21)42-30-15-7-4-12-26(30)37(35)25-11-3-6-14-29(25)41-31/h2-29H,1H2;3-22H,1-2H3;1-20H. The highest BCUT2D eigenvalue weighted by Crippen LogP contribution is 2.65. The molecule has 668 valence electrons. The van der Waals surface area contributed by atoms with Crippen LogP contribution in [0.1, 0.15) is 79.1 Å². The Labute approximate surface area is 839 Å². The van der Waals surface area contributed by atoms with Crippen molar-refractivity contribution in [2.45, 2.75) is 73.6 Å². The highest BCUT2D eigenvalue weighted by atomic mass is 32.2. The van der Waals surface area contributed by atoms with Crippen molar-refractivity contribution in [3.8, 4) is 61.6 Å². The molecule has 23 aromatic rings. The fourth-order valence-corrected chi connectivity index (χ4v) is 34.5. The van der Waals surface area contributed by atoms with E-state index in [1.165, 1.54) is 140 Å². The summed E-state index contributed by atoms with van der Waals surface area (Å²) in [5.41, 5.74) is 39.0. The molecule has 10 heterocycles. The van der Waals surface area contributed by atoms with E-state index in [1.54, 1.807) is 12.1 Å². The van der Waals surface area contributed by atoms with Gasteiger partial charge in [0.05, 0.1) is 59.1 Å². The fraction of sp³-hybridized carbons (Fsp3) is 0.0315. The summed E-state index contributed by atoms with van der Waals surface area (Å²) in [7, 11) is -5.44. The van der Waals surface area contributed by atoms with E-state index in [-0.39, 0.29) is 37.1 Å². The first-order valence-electron chi connectivity index (χ1n) is 48.6. The second-order valence-corrected chi connectivity index (χ2v) is 46.6. The van der Waals surface area contributed by atoms with Gasteiger partial charge in [-0.15, -0.1) is 10.5 Å². The van der Waals surface area contributed by atoms with E-state index < -0.39 is 36.5 Å². The molecular formula is C127H76B3N3O5S5. The molecule has 7 aliphatic heterocycles. The summed E-state index contributed by atoms with van der Waals surface area (Å²) in [6.07, 6.45) is 0. The monoisotopic (exact) mass is 1920 g/mol. The molecule has 8 nitrogen and oxygen atoms in total. The van der Waals surface area contributed by atoms with Crippen molar-refractivity contribution in [3.05, 3.63) is 468 Å². The van der Waals surface area contributed by atoms with Gasteiger partial charge in [-0.2, -0.15) is 0 Å². The summed E-state index contributed by atoms with van der Waals surface area (Å²) in [5.74, 6) is 4.77. The number of hydrogen-bond donors (Lipinski definition) is 0. The van der Waals surface area contributed by atoms with E-state index in [9.17, 15) is 22.2 Å². The van der Waals surface area contributed by atoms with Crippen LogP contribution in [0.15, 0.2) is 461 Å². The maximum atomic E-state index is 14.7. The number of benzene rings is 20. The lowest BCUT2D eigenvalue weighted by Gasteiger charge is -2.35. The van der Waals surface area contributed by atoms with Crippen molar-refractivity contribution in [2.24, 2.45) is 0 Å². The summed E-state index contributed by atoms with van der Waals surface area (Å²) in [5, 5.41) is 6.54. The Balaban J connectivity index is 0.0000000991. The maximum absolute atomic E-state index is 14.7. The lowest BCUT2D eigenvalue weighted by Crippen LogP contribution is -2.63. The van der Waals surface area contributed by atoms with E-state index in [1.807, 2.05) is 121 Å². The summed E-state index contributed by atoms with van der Waals surface area (Å²) >= 11 is 3.67. The summed E-state index contributed by atoms with van der Waals surface area (Å²) in [6, 6.07) is 146. The summed E-state index contributed by atoms with van der Waals surface area (Å²) in [6.45, 7) is 4.67. The molecule has 2 unspecified atom stereocenters. The number of carbonyl (C=O) groups is 2. The lowest BCUT2D eigenvalue weighted by atomic mass is 9.30. The van der Waals surface area contributed by atoms with Gasteiger partial charge in [-0.25, -0.2) is 12.6 Å². The van der Waals surface area contributed by atoms with Crippen LogP contribution in [0.5, 0.6) is 0 Å². The van der Waals surface area contributed by atoms with Gasteiger partial charge in [0.2, 0.25) is 30.0 Å². The molecule has 10 aliphatic rings. The fourth-order valence-electron chi connectivity index (χ4n) is 26.9. The minimum atomic E-state index is -3.67. The molecule has 0 amide bonds. The number of ketones is 2. The van der Waals surface area contributed by atoms with E-state index in [2.05, 4.69) is 331 Å². The molecule has 33 rings (SSSR count). The number of rotatable bonds is 3. The van der Waals surface area contributed by atoms with Crippen LogP contribution in [0.3, 0.4) is 0 Å². The molecule has 0 bridgehead atoms. The Hall–Kier alpha value is -15.6. The minimum absolute atomic E-state index is 0.0223. The van der Waals surface area contributed by atoms with Gasteiger partial charge in [-0.05, 0) is 180 Å². The molecule has 0 saturated heterocycles. The first-order valence-corrected chi connectivity index (χ1v) is 54.3. The molecule has 2 atom stereocenters. The Morgan fingerprint density at radius 1 is 0.301 bits per heavy atom. The van der Waals surface area contributed by atoms with Crippen molar-refractivity contribution in [1.29, 1.82) is 0 Å². The van der Waals surface area contributed by atoms with Gasteiger partial charge in [0.1, 0.15) is 0 Å². The maximum Gasteiger partial charge on any atom is 0.247 e. The highest BCUT2D eigenvalue weighted by Gasteiger charge is 2.54. The van der Waals surface area contributed by atoms with Crippen molar-refractivity contribution in [2.75, 3.05) is 0 Å². The third kappa shape index (κ3) is 10.8. The molecule has 16 heteroatoms. The predicted octanol–water partition coefficient (Wildman–Crippen LogP) is 23.3. The van der Waals surface area contributed by atoms with Gasteiger partial charge in [-0.3, -0.25) is 9.59 Å². The van der Waals surface area contributed by atoms with E-state index in [0.717, 1.165) is 109 Å². The summed E-state index contributed by atoms with van der Waals surface area (Å²) < 4.78 is 49.8. The Kier molecular flexibility index (Phi) is 17.1. The lowest BCUT2D eigenvalue weighted by molar-refractivity contribution is 0.103. The van der Waals surface area contributed by atoms with Crippen molar-refractivity contribution in [1.82, 2.24) is 13.7 Å². The molecule has 143 heavy (non-hydrogen) atoms. The zero-order valence-corrected chi connectivity index (χ0v) is 81.2. The Bertz CT molecular complexity index is 9820. The number of para-hydroxylation sites is 3. The van der Waals surface area contributed by atoms with Crippen LogP contribution in [0, 0.1) is 0 Å². The first-order chi connectivity index (χ1) is 70.2. The number of carbonyl (C=O) groups excluding carboxylic acids is 2. The molecule has 0 radical (unpaired) electrons. The second kappa shape index (κ2) is 29.7. The van der Waals surface area contributed by atoms with Crippen LogP contribution in [-0.2, 0) is 31.5 Å². The number of aromatic nitrogens is 3. The normalized spacial score (nSPS) is 16.0. The van der Waals surface area contributed by atoms with Crippen LogP contribution in [0.2, 0.25) is 0 Å². The van der Waals surface area contributed by atoms with Gasteiger partial charge in [0, 0.05) is 127 Å². The Morgan fingerprint density at radius 3 is 1.35 bits per heavy atom. The van der Waals surface area contributed by atoms with Crippen molar-refractivity contribution in [3.63, 3.8) is 0 Å². The van der Waals surface area contributed by atoms with Gasteiger partial charge in [0.15, 0.2) is 11.6 Å². The average Bonchev–Trinajstić information content (AvgIpc) is 1.48.